The van der Waals surface area contributed by atoms with Gasteiger partial charge in [0.2, 0.25) is 0 Å². The Morgan fingerprint density at radius 2 is 2.32 bits per heavy atom. The van der Waals surface area contributed by atoms with E-state index in [1.165, 1.54) is 0 Å². The van der Waals surface area contributed by atoms with Gasteiger partial charge >= 0.3 is 0 Å². The van der Waals surface area contributed by atoms with Gasteiger partial charge in [-0.3, -0.25) is 4.79 Å². The van der Waals surface area contributed by atoms with E-state index in [0.29, 0.717) is 31.0 Å². The van der Waals surface area contributed by atoms with E-state index >= 15 is 0 Å². The first-order valence-corrected chi connectivity index (χ1v) is 6.49. The monoisotopic (exact) mass is 261 g/mol. The average Bonchev–Trinajstić information content (AvgIpc) is 2.93. The summed E-state index contributed by atoms with van der Waals surface area (Å²) >= 11 is 0. The van der Waals surface area contributed by atoms with E-state index in [1.807, 2.05) is 12.1 Å². The van der Waals surface area contributed by atoms with Crippen LogP contribution in [0.25, 0.3) is 0 Å². The van der Waals surface area contributed by atoms with Crippen LogP contribution in [0, 0.1) is 5.92 Å². The Bertz CT molecular complexity index is 458. The summed E-state index contributed by atoms with van der Waals surface area (Å²) in [5.74, 6) is 0.751. The Morgan fingerprint density at radius 3 is 3.00 bits per heavy atom. The predicted octanol–water partition coefficient (Wildman–Crippen LogP) is 1.71. The van der Waals surface area contributed by atoms with Gasteiger partial charge in [0, 0.05) is 25.6 Å². The Hall–Kier alpha value is -1.81. The molecular weight excluding hydrogens is 242 g/mol. The zero-order chi connectivity index (χ0) is 13.7. The van der Waals surface area contributed by atoms with Gasteiger partial charge < -0.3 is 14.7 Å². The Morgan fingerprint density at radius 1 is 1.53 bits per heavy atom. The number of nitrogens with zero attached hydrogens (tertiary/aromatic N) is 1. The van der Waals surface area contributed by atoms with Crippen molar-refractivity contribution in [2.75, 3.05) is 26.3 Å². The van der Waals surface area contributed by atoms with Crippen LogP contribution in [0.3, 0.4) is 0 Å². The predicted molar refractivity (Wildman–Crippen MR) is 73.2 cm³/mol. The molecule has 1 aromatic rings. The smallest absolute Gasteiger partial charge is 0.257 e. The van der Waals surface area contributed by atoms with Crippen LogP contribution in [-0.4, -0.2) is 42.2 Å². The van der Waals surface area contributed by atoms with E-state index in [0.717, 1.165) is 6.42 Å². The number of para-hydroxylation sites is 1. The van der Waals surface area contributed by atoms with Gasteiger partial charge in [-0.1, -0.05) is 24.8 Å². The summed E-state index contributed by atoms with van der Waals surface area (Å²) in [6, 6.07) is 7.23. The van der Waals surface area contributed by atoms with Crippen molar-refractivity contribution >= 4 is 5.91 Å². The molecule has 1 amide bonds. The summed E-state index contributed by atoms with van der Waals surface area (Å²) < 4.78 is 5.51. The molecule has 4 nitrogen and oxygen atoms in total. The fourth-order valence-electron chi connectivity index (χ4n) is 2.25. The molecule has 0 saturated carbocycles. The number of rotatable bonds is 5. The second kappa shape index (κ2) is 6.38. The van der Waals surface area contributed by atoms with Crippen molar-refractivity contribution in [2.24, 2.45) is 5.92 Å². The highest BCUT2D eigenvalue weighted by molar-refractivity contribution is 5.97. The van der Waals surface area contributed by atoms with Crippen LogP contribution in [-0.2, 0) is 0 Å². The summed E-state index contributed by atoms with van der Waals surface area (Å²) in [7, 11) is 0. The van der Waals surface area contributed by atoms with Crippen molar-refractivity contribution in [3.05, 3.63) is 42.5 Å². The highest BCUT2D eigenvalue weighted by Gasteiger charge is 2.27. The lowest BCUT2D eigenvalue weighted by atomic mass is 10.1. The number of aliphatic hydroxyl groups excluding tert-OH is 1. The number of aliphatic hydroxyl groups is 1. The van der Waals surface area contributed by atoms with Gasteiger partial charge in [0.1, 0.15) is 12.4 Å². The van der Waals surface area contributed by atoms with E-state index < -0.39 is 0 Å². The second-order valence-electron chi connectivity index (χ2n) is 4.68. The van der Waals surface area contributed by atoms with Gasteiger partial charge in [0.05, 0.1) is 5.56 Å². The molecule has 2 rings (SSSR count). The van der Waals surface area contributed by atoms with Gasteiger partial charge in [0.15, 0.2) is 0 Å². The molecule has 0 radical (unpaired) electrons. The molecular formula is C15H19NO3. The third-order valence-electron chi connectivity index (χ3n) is 3.31. The maximum Gasteiger partial charge on any atom is 0.257 e. The van der Waals surface area contributed by atoms with Crippen molar-refractivity contribution in [1.82, 2.24) is 4.90 Å². The van der Waals surface area contributed by atoms with Gasteiger partial charge in [0.25, 0.3) is 5.91 Å². The van der Waals surface area contributed by atoms with E-state index in [2.05, 4.69) is 6.58 Å². The fourth-order valence-corrected chi connectivity index (χ4v) is 2.25. The van der Waals surface area contributed by atoms with Crippen LogP contribution >= 0.6 is 0 Å². The number of carbonyl (C=O) groups excluding carboxylic acids is 1. The largest absolute Gasteiger partial charge is 0.489 e. The van der Waals surface area contributed by atoms with Crippen molar-refractivity contribution in [3.8, 4) is 5.75 Å². The summed E-state index contributed by atoms with van der Waals surface area (Å²) in [5, 5.41) is 9.13. The Balaban J connectivity index is 2.12. The van der Waals surface area contributed by atoms with E-state index in [-0.39, 0.29) is 18.4 Å². The number of carbonyl (C=O) groups is 1. The lowest BCUT2D eigenvalue weighted by molar-refractivity contribution is 0.0778. The van der Waals surface area contributed by atoms with Gasteiger partial charge in [-0.05, 0) is 18.6 Å². The number of ether oxygens (including phenoxy) is 1. The lowest BCUT2D eigenvalue weighted by Gasteiger charge is -2.18. The van der Waals surface area contributed by atoms with Crippen LogP contribution in [0.15, 0.2) is 36.9 Å². The summed E-state index contributed by atoms with van der Waals surface area (Å²) in [4.78, 5) is 14.2. The van der Waals surface area contributed by atoms with Crippen LogP contribution < -0.4 is 4.74 Å². The molecule has 0 unspecified atom stereocenters. The molecule has 1 saturated heterocycles. The number of likely N-dealkylation sites (tertiary alicyclic amines) is 1. The molecule has 1 aliphatic rings. The highest BCUT2D eigenvalue weighted by Crippen LogP contribution is 2.23. The number of benzene rings is 1. The minimum Gasteiger partial charge on any atom is -0.489 e. The second-order valence-corrected chi connectivity index (χ2v) is 4.68. The number of hydrogen-bond donors (Lipinski definition) is 1. The molecule has 1 heterocycles. The van der Waals surface area contributed by atoms with Gasteiger partial charge in [-0.2, -0.15) is 0 Å². The molecule has 1 aromatic carbocycles. The molecule has 19 heavy (non-hydrogen) atoms. The first kappa shape index (κ1) is 13.6. The molecule has 4 heteroatoms. The van der Waals surface area contributed by atoms with E-state index in [9.17, 15) is 4.79 Å². The molecule has 0 aromatic heterocycles. The maximum atomic E-state index is 12.4. The highest BCUT2D eigenvalue weighted by atomic mass is 16.5. The van der Waals surface area contributed by atoms with Crippen molar-refractivity contribution in [2.45, 2.75) is 6.42 Å². The lowest BCUT2D eigenvalue weighted by Crippen LogP contribution is -2.29. The topological polar surface area (TPSA) is 49.8 Å². The molecule has 102 valence electrons. The van der Waals surface area contributed by atoms with Gasteiger partial charge in [-0.15, -0.1) is 0 Å². The molecule has 1 atom stereocenters. The molecule has 0 aliphatic carbocycles. The van der Waals surface area contributed by atoms with Crippen molar-refractivity contribution in [1.29, 1.82) is 0 Å². The minimum atomic E-state index is -0.0318. The molecule has 0 spiro atoms. The molecule has 1 aliphatic heterocycles. The average molecular weight is 261 g/mol. The van der Waals surface area contributed by atoms with Crippen LogP contribution in [0.5, 0.6) is 5.75 Å². The fraction of sp³-hybridized carbons (Fsp3) is 0.400. The minimum absolute atomic E-state index is 0.0318. The zero-order valence-corrected chi connectivity index (χ0v) is 10.9. The zero-order valence-electron chi connectivity index (χ0n) is 10.9. The van der Waals surface area contributed by atoms with Crippen LogP contribution in [0.2, 0.25) is 0 Å². The van der Waals surface area contributed by atoms with Crippen molar-refractivity contribution in [3.63, 3.8) is 0 Å². The standard InChI is InChI=1S/C15H19NO3/c1-2-9-19-14-6-4-3-5-13(14)15(18)16-8-7-12(10-16)11-17/h2-6,12,17H,1,7-11H2/t12-/m0/s1. The summed E-state index contributed by atoms with van der Waals surface area (Å²) in [6.07, 6.45) is 2.51. The van der Waals surface area contributed by atoms with E-state index in [4.69, 9.17) is 9.84 Å². The number of amides is 1. The van der Waals surface area contributed by atoms with Crippen LogP contribution in [0.1, 0.15) is 16.8 Å². The Kier molecular flexibility index (Phi) is 4.58. The van der Waals surface area contributed by atoms with E-state index in [1.54, 1.807) is 23.1 Å². The quantitative estimate of drug-likeness (QED) is 0.821. The first-order valence-electron chi connectivity index (χ1n) is 6.49. The summed E-state index contributed by atoms with van der Waals surface area (Å²) in [5.41, 5.74) is 0.572. The first-order chi connectivity index (χ1) is 9.26. The van der Waals surface area contributed by atoms with Crippen molar-refractivity contribution < 1.29 is 14.6 Å². The molecule has 1 fully saturated rings. The third kappa shape index (κ3) is 3.15. The molecule has 1 N–H and O–H groups in total. The maximum absolute atomic E-state index is 12.4. The normalized spacial score (nSPS) is 18.4. The van der Waals surface area contributed by atoms with Gasteiger partial charge in [-0.25, -0.2) is 0 Å². The number of hydrogen-bond acceptors (Lipinski definition) is 3. The Labute approximate surface area is 113 Å². The van der Waals surface area contributed by atoms with Crippen LogP contribution in [0.4, 0.5) is 0 Å². The summed E-state index contributed by atoms with van der Waals surface area (Å²) in [6.45, 7) is 5.43. The molecule has 0 bridgehead atoms. The third-order valence-corrected chi connectivity index (χ3v) is 3.31. The SMILES string of the molecule is C=CCOc1ccccc1C(=O)N1CC[C@H](CO)C1.